The van der Waals surface area contributed by atoms with Gasteiger partial charge in [0.05, 0.1) is 23.2 Å². The maximum Gasteiger partial charge on any atom is 0.255 e. The Morgan fingerprint density at radius 2 is 1.71 bits per heavy atom. The highest BCUT2D eigenvalue weighted by Crippen LogP contribution is 2.27. The lowest BCUT2D eigenvalue weighted by atomic mass is 10.1. The molecule has 0 bridgehead atoms. The normalized spacial score (nSPS) is 14.9. The molecule has 3 rings (SSSR count). The van der Waals surface area contributed by atoms with Gasteiger partial charge in [-0.1, -0.05) is 24.3 Å². The Morgan fingerprint density at radius 3 is 2.35 bits per heavy atom. The Hall–Kier alpha value is -2.87. The van der Waals surface area contributed by atoms with Crippen molar-refractivity contribution in [2.45, 2.75) is 39.7 Å². The molecule has 0 unspecified atom stereocenters. The Balaban J connectivity index is 1.90. The fraction of sp³-hybridized carbons (Fsp3) is 0.391. The minimum absolute atomic E-state index is 0.129. The third-order valence-corrected chi connectivity index (χ3v) is 6.73. The third-order valence-electron chi connectivity index (χ3n) is 5.50. The fourth-order valence-electron chi connectivity index (χ4n) is 3.84. The van der Waals surface area contributed by atoms with E-state index >= 15 is 0 Å². The molecule has 2 aromatic carbocycles. The lowest BCUT2D eigenvalue weighted by molar-refractivity contribution is -0.116. The van der Waals surface area contributed by atoms with E-state index in [-0.39, 0.29) is 5.91 Å². The molecule has 1 fully saturated rings. The number of aryl methyl sites for hydroxylation is 2. The molecular formula is C23H29N3O4S. The second-order valence-corrected chi connectivity index (χ2v) is 9.92. The van der Waals surface area contributed by atoms with E-state index < -0.39 is 22.0 Å². The van der Waals surface area contributed by atoms with Crippen molar-refractivity contribution in [1.29, 1.82) is 0 Å². The minimum atomic E-state index is -3.74. The van der Waals surface area contributed by atoms with Gasteiger partial charge in [0.1, 0.15) is 6.04 Å². The minimum Gasteiger partial charge on any atom is -0.339 e. The van der Waals surface area contributed by atoms with E-state index in [2.05, 4.69) is 5.32 Å². The molecule has 166 valence electrons. The summed E-state index contributed by atoms with van der Waals surface area (Å²) in [7, 11) is -3.74. The summed E-state index contributed by atoms with van der Waals surface area (Å²) in [6.45, 7) is 6.62. The van der Waals surface area contributed by atoms with E-state index in [1.54, 1.807) is 42.2 Å². The smallest absolute Gasteiger partial charge is 0.255 e. The van der Waals surface area contributed by atoms with E-state index in [0.717, 1.165) is 34.5 Å². The van der Waals surface area contributed by atoms with Crippen molar-refractivity contribution in [1.82, 2.24) is 4.90 Å². The number of likely N-dealkylation sites (tertiary alicyclic amines) is 1. The molecule has 2 aromatic rings. The number of anilines is 2. The van der Waals surface area contributed by atoms with Crippen LogP contribution < -0.4 is 9.62 Å². The topological polar surface area (TPSA) is 86.8 Å². The van der Waals surface area contributed by atoms with Crippen LogP contribution in [-0.4, -0.2) is 50.5 Å². The number of hydrogen-bond acceptors (Lipinski definition) is 4. The molecular weight excluding hydrogens is 414 g/mol. The fourth-order valence-corrected chi connectivity index (χ4v) is 5.07. The van der Waals surface area contributed by atoms with Gasteiger partial charge in [0, 0.05) is 13.1 Å². The van der Waals surface area contributed by atoms with Gasteiger partial charge < -0.3 is 10.2 Å². The van der Waals surface area contributed by atoms with Crippen LogP contribution in [0.15, 0.2) is 42.5 Å². The molecule has 1 aliphatic rings. The third kappa shape index (κ3) is 5.07. The van der Waals surface area contributed by atoms with Gasteiger partial charge in [-0.2, -0.15) is 0 Å². The highest BCUT2D eigenvalue weighted by molar-refractivity contribution is 7.92. The van der Waals surface area contributed by atoms with Crippen LogP contribution in [0.3, 0.4) is 0 Å². The maximum absolute atomic E-state index is 13.1. The van der Waals surface area contributed by atoms with Crippen molar-refractivity contribution >= 4 is 33.2 Å². The summed E-state index contributed by atoms with van der Waals surface area (Å²) in [4.78, 5) is 27.8. The van der Waals surface area contributed by atoms with Gasteiger partial charge in [-0.3, -0.25) is 13.9 Å². The zero-order chi connectivity index (χ0) is 22.8. The molecule has 1 atom stereocenters. The van der Waals surface area contributed by atoms with Crippen LogP contribution in [0.4, 0.5) is 11.4 Å². The van der Waals surface area contributed by atoms with Crippen LogP contribution in [0.2, 0.25) is 0 Å². The van der Waals surface area contributed by atoms with Gasteiger partial charge in [0.15, 0.2) is 0 Å². The molecule has 0 aromatic heterocycles. The maximum atomic E-state index is 13.1. The lowest BCUT2D eigenvalue weighted by Crippen LogP contribution is -2.46. The standard InChI is InChI=1S/C23H29N3O4S/c1-16-11-12-17(2)21(15-16)26(31(4,29)30)18(3)22(27)24-20-10-6-5-9-19(20)23(28)25-13-7-8-14-25/h5-6,9-12,15,18H,7-8,13-14H2,1-4H3,(H,24,27)/t18-/m1/s1. The quantitative estimate of drug-likeness (QED) is 0.742. The molecule has 1 N–H and O–H groups in total. The number of benzene rings is 2. The number of rotatable bonds is 6. The monoisotopic (exact) mass is 443 g/mol. The Kier molecular flexibility index (Phi) is 6.69. The van der Waals surface area contributed by atoms with Crippen molar-refractivity contribution in [2.24, 2.45) is 0 Å². The predicted octanol–water partition coefficient (Wildman–Crippen LogP) is 3.33. The van der Waals surface area contributed by atoms with E-state index in [1.807, 2.05) is 26.0 Å². The first kappa shape index (κ1) is 22.8. The molecule has 0 radical (unpaired) electrons. The van der Waals surface area contributed by atoms with Gasteiger partial charge in [-0.15, -0.1) is 0 Å². The molecule has 2 amide bonds. The predicted molar refractivity (Wildman–Crippen MR) is 123 cm³/mol. The molecule has 1 heterocycles. The van der Waals surface area contributed by atoms with Crippen molar-refractivity contribution in [3.05, 3.63) is 59.2 Å². The highest BCUT2D eigenvalue weighted by atomic mass is 32.2. The summed E-state index contributed by atoms with van der Waals surface area (Å²) in [6.07, 6.45) is 3.02. The number of para-hydroxylation sites is 1. The molecule has 31 heavy (non-hydrogen) atoms. The number of hydrogen-bond donors (Lipinski definition) is 1. The number of nitrogens with zero attached hydrogens (tertiary/aromatic N) is 2. The molecule has 1 aliphatic heterocycles. The van der Waals surface area contributed by atoms with Gasteiger partial charge in [0.2, 0.25) is 15.9 Å². The van der Waals surface area contributed by atoms with Gasteiger partial charge in [-0.25, -0.2) is 8.42 Å². The van der Waals surface area contributed by atoms with Gasteiger partial charge in [0.25, 0.3) is 5.91 Å². The van der Waals surface area contributed by atoms with E-state index in [0.29, 0.717) is 30.0 Å². The Labute approximate surface area is 184 Å². The number of nitrogens with one attached hydrogen (secondary N) is 1. The largest absolute Gasteiger partial charge is 0.339 e. The average Bonchev–Trinajstić information content (AvgIpc) is 3.24. The van der Waals surface area contributed by atoms with E-state index in [4.69, 9.17) is 0 Å². The highest BCUT2D eigenvalue weighted by Gasteiger charge is 2.31. The molecule has 0 spiro atoms. The van der Waals surface area contributed by atoms with Crippen molar-refractivity contribution in [3.63, 3.8) is 0 Å². The summed E-state index contributed by atoms with van der Waals surface area (Å²) in [5.74, 6) is -0.636. The number of sulfonamides is 1. The molecule has 1 saturated heterocycles. The SMILES string of the molecule is Cc1ccc(C)c(N([C@H](C)C(=O)Nc2ccccc2C(=O)N2CCCC2)S(C)(=O)=O)c1. The molecule has 8 heteroatoms. The van der Waals surface area contributed by atoms with Crippen LogP contribution in [0.5, 0.6) is 0 Å². The number of carbonyl (C=O) groups excluding carboxylic acids is 2. The first-order valence-electron chi connectivity index (χ1n) is 10.4. The Bertz CT molecular complexity index is 1090. The molecule has 7 nitrogen and oxygen atoms in total. The molecule has 0 saturated carbocycles. The first-order chi connectivity index (χ1) is 14.6. The second kappa shape index (κ2) is 9.09. The van der Waals surface area contributed by atoms with Crippen LogP contribution in [0, 0.1) is 13.8 Å². The van der Waals surface area contributed by atoms with Gasteiger partial charge >= 0.3 is 0 Å². The lowest BCUT2D eigenvalue weighted by Gasteiger charge is -2.30. The van der Waals surface area contributed by atoms with E-state index in [9.17, 15) is 18.0 Å². The Morgan fingerprint density at radius 1 is 1.06 bits per heavy atom. The zero-order valence-electron chi connectivity index (χ0n) is 18.4. The van der Waals surface area contributed by atoms with Gasteiger partial charge in [-0.05, 0) is 62.9 Å². The van der Waals surface area contributed by atoms with Crippen molar-refractivity contribution in [3.8, 4) is 0 Å². The zero-order valence-corrected chi connectivity index (χ0v) is 19.2. The van der Waals surface area contributed by atoms with Crippen LogP contribution >= 0.6 is 0 Å². The summed E-state index contributed by atoms with van der Waals surface area (Å²) in [5.41, 5.74) is 2.89. The van der Waals surface area contributed by atoms with Crippen LogP contribution in [0.25, 0.3) is 0 Å². The summed E-state index contributed by atoms with van der Waals surface area (Å²) < 4.78 is 26.4. The first-order valence-corrected chi connectivity index (χ1v) is 12.2. The second-order valence-electron chi connectivity index (χ2n) is 8.06. The average molecular weight is 444 g/mol. The summed E-state index contributed by atoms with van der Waals surface area (Å²) in [5, 5.41) is 2.78. The van der Waals surface area contributed by atoms with Crippen molar-refractivity contribution < 1.29 is 18.0 Å². The van der Waals surface area contributed by atoms with E-state index in [1.165, 1.54) is 0 Å². The van der Waals surface area contributed by atoms with Crippen molar-refractivity contribution in [2.75, 3.05) is 29.0 Å². The van der Waals surface area contributed by atoms with Crippen LogP contribution in [-0.2, 0) is 14.8 Å². The summed E-state index contributed by atoms with van der Waals surface area (Å²) >= 11 is 0. The number of amides is 2. The number of carbonyl (C=O) groups is 2. The van der Waals surface area contributed by atoms with Crippen LogP contribution in [0.1, 0.15) is 41.3 Å². The molecule has 0 aliphatic carbocycles. The summed E-state index contributed by atoms with van der Waals surface area (Å²) in [6, 6.07) is 11.3.